The lowest BCUT2D eigenvalue weighted by Gasteiger charge is -2.18. The van der Waals surface area contributed by atoms with E-state index in [-0.39, 0.29) is 0 Å². The molecule has 0 saturated heterocycles. The number of aliphatic imine (C=N–C) groups is 1. The van der Waals surface area contributed by atoms with Crippen molar-refractivity contribution in [2.75, 3.05) is 6.54 Å². The number of nitrogens with zero attached hydrogens (tertiary/aromatic N) is 1. The van der Waals surface area contributed by atoms with Gasteiger partial charge in [-0.2, -0.15) is 0 Å². The van der Waals surface area contributed by atoms with E-state index < -0.39 is 0 Å². The van der Waals surface area contributed by atoms with Gasteiger partial charge >= 0.3 is 0 Å². The average molecular weight is 194 g/mol. The lowest BCUT2D eigenvalue weighted by molar-refractivity contribution is 0.453. The van der Waals surface area contributed by atoms with Gasteiger partial charge in [-0.15, -0.1) is 0 Å². The normalized spacial score (nSPS) is 20.6. The first-order valence-corrected chi connectivity index (χ1v) is 5.93. The predicted octanol–water partition coefficient (Wildman–Crippen LogP) is 3.46. The van der Waals surface area contributed by atoms with Crippen LogP contribution < -0.4 is 0 Å². The molecule has 0 spiro atoms. The molecule has 0 atom stereocenters. The molecule has 0 unspecified atom stereocenters. The number of rotatable bonds is 3. The van der Waals surface area contributed by atoms with E-state index >= 15 is 0 Å². The molecular formula is C12H22N2. The maximum atomic E-state index is 7.91. The highest BCUT2D eigenvalue weighted by molar-refractivity contribution is 6.30. The zero-order chi connectivity index (χ0) is 10.2. The van der Waals surface area contributed by atoms with E-state index in [2.05, 4.69) is 4.99 Å². The van der Waals surface area contributed by atoms with Gasteiger partial charge in [0.2, 0.25) is 0 Å². The van der Waals surface area contributed by atoms with E-state index in [0.717, 1.165) is 12.3 Å². The predicted molar refractivity (Wildman–Crippen MR) is 62.6 cm³/mol. The van der Waals surface area contributed by atoms with Gasteiger partial charge < -0.3 is 5.41 Å². The van der Waals surface area contributed by atoms with Crippen LogP contribution in [0.1, 0.15) is 51.9 Å². The van der Waals surface area contributed by atoms with Gasteiger partial charge in [-0.1, -0.05) is 32.1 Å². The summed E-state index contributed by atoms with van der Waals surface area (Å²) < 4.78 is 0. The molecule has 0 radical (unpaired) electrons. The van der Waals surface area contributed by atoms with Crippen LogP contribution >= 0.6 is 0 Å². The highest BCUT2D eigenvalue weighted by atomic mass is 14.7. The monoisotopic (exact) mass is 194 g/mol. The zero-order valence-electron chi connectivity index (χ0n) is 9.26. The number of nitrogens with one attached hydrogen (secondary N) is 1. The molecule has 14 heavy (non-hydrogen) atoms. The van der Waals surface area contributed by atoms with Gasteiger partial charge in [-0.05, 0) is 19.8 Å². The Morgan fingerprint density at radius 1 is 1.21 bits per heavy atom. The molecule has 0 bridgehead atoms. The molecule has 0 aromatic rings. The summed E-state index contributed by atoms with van der Waals surface area (Å²) in [5, 5.41) is 7.91. The molecular weight excluding hydrogens is 172 g/mol. The Balaban J connectivity index is 2.38. The summed E-state index contributed by atoms with van der Waals surface area (Å²) in [7, 11) is 0. The van der Waals surface area contributed by atoms with Crippen molar-refractivity contribution in [3.63, 3.8) is 0 Å². The van der Waals surface area contributed by atoms with Gasteiger partial charge in [-0.3, -0.25) is 4.99 Å². The van der Waals surface area contributed by atoms with E-state index in [4.69, 9.17) is 5.41 Å². The first-order valence-electron chi connectivity index (χ1n) is 5.93. The lowest BCUT2D eigenvalue weighted by Crippen LogP contribution is -2.16. The van der Waals surface area contributed by atoms with Crippen molar-refractivity contribution in [2.45, 2.75) is 51.9 Å². The van der Waals surface area contributed by atoms with Crippen LogP contribution in [-0.4, -0.2) is 18.5 Å². The molecule has 0 aliphatic heterocycles. The molecule has 1 aliphatic carbocycles. The third-order valence-electron chi connectivity index (χ3n) is 2.96. The van der Waals surface area contributed by atoms with Gasteiger partial charge in [0.15, 0.2) is 0 Å². The van der Waals surface area contributed by atoms with Gasteiger partial charge in [-0.25, -0.2) is 0 Å². The van der Waals surface area contributed by atoms with Crippen LogP contribution in [0, 0.1) is 11.3 Å². The molecule has 0 heterocycles. The van der Waals surface area contributed by atoms with Gasteiger partial charge in [0.05, 0.1) is 5.71 Å². The smallest absolute Gasteiger partial charge is 0.0522 e. The van der Waals surface area contributed by atoms with Crippen LogP contribution in [0.3, 0.4) is 0 Å². The van der Waals surface area contributed by atoms with Crippen molar-refractivity contribution < 1.29 is 0 Å². The maximum absolute atomic E-state index is 7.91. The summed E-state index contributed by atoms with van der Waals surface area (Å²) in [5.74, 6) is 0.491. The fourth-order valence-corrected chi connectivity index (χ4v) is 2.06. The standard InChI is InChI=1S/C12H22N2/c1-2-14-10-12(13)11-8-6-4-3-5-7-9-11/h10-11,13H,2-9H2,1H3/b13-12?,14-10-. The second kappa shape index (κ2) is 6.74. The molecule has 1 N–H and O–H groups in total. The largest absolute Gasteiger partial charge is 0.303 e. The van der Waals surface area contributed by atoms with Crippen LogP contribution in [0.4, 0.5) is 0 Å². The molecule has 80 valence electrons. The summed E-state index contributed by atoms with van der Waals surface area (Å²) in [6.45, 7) is 2.82. The SMILES string of the molecule is CC/N=C\C(=N)C1CCCCCCC1. The van der Waals surface area contributed by atoms with Gasteiger partial charge in [0.1, 0.15) is 0 Å². The Morgan fingerprint density at radius 2 is 1.79 bits per heavy atom. The Kier molecular flexibility index (Phi) is 5.50. The van der Waals surface area contributed by atoms with Crippen LogP contribution in [-0.2, 0) is 0 Å². The summed E-state index contributed by atoms with van der Waals surface area (Å²) in [5.41, 5.74) is 0.758. The van der Waals surface area contributed by atoms with Crippen molar-refractivity contribution in [1.82, 2.24) is 0 Å². The van der Waals surface area contributed by atoms with E-state index in [1.807, 2.05) is 6.92 Å². The molecule has 1 saturated carbocycles. The summed E-state index contributed by atoms with van der Waals surface area (Å²) in [4.78, 5) is 4.15. The number of hydrogen-bond acceptors (Lipinski definition) is 2. The minimum absolute atomic E-state index is 0.491. The highest BCUT2D eigenvalue weighted by Crippen LogP contribution is 2.22. The first kappa shape index (κ1) is 11.4. The minimum Gasteiger partial charge on any atom is -0.303 e. The van der Waals surface area contributed by atoms with Gasteiger partial charge in [0, 0.05) is 18.7 Å². The molecule has 1 rings (SSSR count). The molecule has 1 aliphatic rings. The fraction of sp³-hybridized carbons (Fsp3) is 0.833. The van der Waals surface area contributed by atoms with E-state index in [0.29, 0.717) is 5.92 Å². The van der Waals surface area contributed by atoms with Crippen molar-refractivity contribution in [3.05, 3.63) is 0 Å². The molecule has 2 heteroatoms. The Labute approximate surface area is 87.3 Å². The third kappa shape index (κ3) is 4.03. The third-order valence-corrected chi connectivity index (χ3v) is 2.96. The van der Waals surface area contributed by atoms with Crippen LogP contribution in [0.25, 0.3) is 0 Å². The summed E-state index contributed by atoms with van der Waals surface area (Å²) >= 11 is 0. The summed E-state index contributed by atoms with van der Waals surface area (Å²) in [6, 6.07) is 0. The maximum Gasteiger partial charge on any atom is 0.0522 e. The minimum atomic E-state index is 0.491. The van der Waals surface area contributed by atoms with E-state index in [1.165, 1.54) is 44.9 Å². The highest BCUT2D eigenvalue weighted by Gasteiger charge is 2.14. The first-order chi connectivity index (χ1) is 6.84. The van der Waals surface area contributed by atoms with Crippen LogP contribution in [0.5, 0.6) is 0 Å². The Hall–Kier alpha value is -0.660. The molecule has 2 nitrogen and oxygen atoms in total. The quantitative estimate of drug-likeness (QED) is 0.668. The van der Waals surface area contributed by atoms with Crippen molar-refractivity contribution >= 4 is 11.9 Å². The average Bonchev–Trinajstić information content (AvgIpc) is 2.13. The summed E-state index contributed by atoms with van der Waals surface area (Å²) in [6.07, 6.45) is 10.9. The van der Waals surface area contributed by atoms with Crippen molar-refractivity contribution in [3.8, 4) is 0 Å². The van der Waals surface area contributed by atoms with Crippen molar-refractivity contribution in [2.24, 2.45) is 10.9 Å². The topological polar surface area (TPSA) is 36.2 Å². The fourth-order valence-electron chi connectivity index (χ4n) is 2.06. The molecule has 0 amide bonds. The second-order valence-electron chi connectivity index (χ2n) is 4.13. The number of hydrogen-bond donors (Lipinski definition) is 1. The zero-order valence-corrected chi connectivity index (χ0v) is 9.26. The molecule has 1 fully saturated rings. The molecule has 0 aromatic carbocycles. The van der Waals surface area contributed by atoms with Gasteiger partial charge in [0.25, 0.3) is 0 Å². The van der Waals surface area contributed by atoms with E-state index in [1.54, 1.807) is 6.21 Å². The van der Waals surface area contributed by atoms with E-state index in [9.17, 15) is 0 Å². The lowest BCUT2D eigenvalue weighted by atomic mass is 9.88. The Morgan fingerprint density at radius 3 is 2.36 bits per heavy atom. The van der Waals surface area contributed by atoms with Crippen LogP contribution in [0.15, 0.2) is 4.99 Å². The second-order valence-corrected chi connectivity index (χ2v) is 4.13. The Bertz CT molecular complexity index is 188. The van der Waals surface area contributed by atoms with Crippen LogP contribution in [0.2, 0.25) is 0 Å². The molecule has 0 aromatic heterocycles. The van der Waals surface area contributed by atoms with Crippen molar-refractivity contribution in [1.29, 1.82) is 5.41 Å².